The summed E-state index contributed by atoms with van der Waals surface area (Å²) in [5, 5.41) is 3.01. The highest BCUT2D eigenvalue weighted by atomic mass is 32.2. The molecule has 1 aromatic carbocycles. The van der Waals surface area contributed by atoms with Gasteiger partial charge in [-0.15, -0.1) is 11.8 Å². The standard InChI is InChI=1S/C16H23N3O2S/c1-12(18-8-10-19(11-9-18)13(2)20)16(21)17-14-6-4-5-7-15(14)22-3/h4-7,12H,8-11H2,1-3H3,(H,17,21). The van der Waals surface area contributed by atoms with Crippen molar-refractivity contribution in [1.82, 2.24) is 9.80 Å². The molecule has 1 N–H and O–H groups in total. The number of hydrogen-bond donors (Lipinski definition) is 1. The number of rotatable bonds is 4. The van der Waals surface area contributed by atoms with E-state index in [0.29, 0.717) is 13.1 Å². The van der Waals surface area contributed by atoms with Crippen LogP contribution >= 0.6 is 11.8 Å². The second-order valence-corrected chi connectivity index (χ2v) is 6.26. The first-order valence-corrected chi connectivity index (χ1v) is 8.69. The lowest BCUT2D eigenvalue weighted by Gasteiger charge is -2.37. The first kappa shape index (κ1) is 16.8. The minimum absolute atomic E-state index is 0.00206. The van der Waals surface area contributed by atoms with E-state index in [-0.39, 0.29) is 17.9 Å². The lowest BCUT2D eigenvalue weighted by Crippen LogP contribution is -2.53. The third-order valence-electron chi connectivity index (χ3n) is 4.05. The van der Waals surface area contributed by atoms with Crippen LogP contribution in [0.2, 0.25) is 0 Å². The number of thioether (sulfide) groups is 1. The number of anilines is 1. The van der Waals surface area contributed by atoms with Crippen molar-refractivity contribution in [2.45, 2.75) is 24.8 Å². The van der Waals surface area contributed by atoms with E-state index >= 15 is 0 Å². The van der Waals surface area contributed by atoms with Gasteiger partial charge in [-0.1, -0.05) is 12.1 Å². The van der Waals surface area contributed by atoms with Gasteiger partial charge < -0.3 is 10.2 Å². The Kier molecular flexibility index (Phi) is 5.85. The monoisotopic (exact) mass is 321 g/mol. The Morgan fingerprint density at radius 2 is 1.82 bits per heavy atom. The van der Waals surface area contributed by atoms with Crippen LogP contribution in [0, 0.1) is 0 Å². The number of nitrogens with zero attached hydrogens (tertiary/aromatic N) is 2. The molecule has 1 aliphatic rings. The van der Waals surface area contributed by atoms with Crippen molar-refractivity contribution in [3.05, 3.63) is 24.3 Å². The quantitative estimate of drug-likeness (QED) is 0.861. The summed E-state index contributed by atoms with van der Waals surface area (Å²) in [7, 11) is 0. The molecule has 1 atom stereocenters. The lowest BCUT2D eigenvalue weighted by molar-refractivity contribution is -0.131. The molecule has 5 nitrogen and oxygen atoms in total. The topological polar surface area (TPSA) is 52.7 Å². The Labute approximate surface area is 136 Å². The summed E-state index contributed by atoms with van der Waals surface area (Å²) in [6, 6.07) is 7.60. The van der Waals surface area contributed by atoms with Crippen LogP contribution in [0.4, 0.5) is 5.69 Å². The van der Waals surface area contributed by atoms with Crippen LogP contribution in [0.5, 0.6) is 0 Å². The van der Waals surface area contributed by atoms with Gasteiger partial charge >= 0.3 is 0 Å². The fourth-order valence-corrected chi connectivity index (χ4v) is 3.13. The molecule has 0 aromatic heterocycles. The number of carbonyl (C=O) groups is 2. The van der Waals surface area contributed by atoms with E-state index in [9.17, 15) is 9.59 Å². The number of amides is 2. The van der Waals surface area contributed by atoms with Gasteiger partial charge in [0.05, 0.1) is 11.7 Å². The number of para-hydroxylation sites is 1. The van der Waals surface area contributed by atoms with Gasteiger partial charge in [0.1, 0.15) is 0 Å². The van der Waals surface area contributed by atoms with Crippen molar-refractivity contribution in [3.63, 3.8) is 0 Å². The van der Waals surface area contributed by atoms with Crippen molar-refractivity contribution in [3.8, 4) is 0 Å². The van der Waals surface area contributed by atoms with Gasteiger partial charge in [0.25, 0.3) is 0 Å². The molecule has 2 amide bonds. The lowest BCUT2D eigenvalue weighted by atomic mass is 10.2. The van der Waals surface area contributed by atoms with Crippen LogP contribution in [-0.2, 0) is 9.59 Å². The Morgan fingerprint density at radius 1 is 1.18 bits per heavy atom. The van der Waals surface area contributed by atoms with E-state index in [4.69, 9.17) is 0 Å². The predicted octanol–water partition coefficient (Wildman–Crippen LogP) is 1.90. The highest BCUT2D eigenvalue weighted by Gasteiger charge is 2.26. The maximum Gasteiger partial charge on any atom is 0.241 e. The third-order valence-corrected chi connectivity index (χ3v) is 4.85. The SMILES string of the molecule is CSc1ccccc1NC(=O)C(C)N1CCN(C(C)=O)CC1. The van der Waals surface area contributed by atoms with Gasteiger partial charge in [-0.2, -0.15) is 0 Å². The van der Waals surface area contributed by atoms with E-state index in [0.717, 1.165) is 23.7 Å². The molecule has 0 aliphatic carbocycles. The first-order valence-electron chi connectivity index (χ1n) is 7.46. The van der Waals surface area contributed by atoms with Crippen molar-refractivity contribution < 1.29 is 9.59 Å². The summed E-state index contributed by atoms with van der Waals surface area (Å²) in [6.45, 7) is 6.35. The van der Waals surface area contributed by atoms with Gasteiger partial charge in [-0.25, -0.2) is 0 Å². The maximum atomic E-state index is 12.5. The molecule has 1 unspecified atom stereocenters. The predicted molar refractivity (Wildman–Crippen MR) is 90.1 cm³/mol. The highest BCUT2D eigenvalue weighted by molar-refractivity contribution is 7.98. The maximum absolute atomic E-state index is 12.5. The minimum atomic E-state index is -0.205. The average molecular weight is 321 g/mol. The van der Waals surface area contributed by atoms with Crippen molar-refractivity contribution in [2.24, 2.45) is 0 Å². The van der Waals surface area contributed by atoms with E-state index < -0.39 is 0 Å². The Bertz CT molecular complexity index is 542. The zero-order valence-corrected chi connectivity index (χ0v) is 14.2. The van der Waals surface area contributed by atoms with E-state index in [1.54, 1.807) is 18.7 Å². The molecule has 120 valence electrons. The van der Waals surface area contributed by atoms with Crippen molar-refractivity contribution >= 4 is 29.3 Å². The zero-order valence-electron chi connectivity index (χ0n) is 13.3. The van der Waals surface area contributed by atoms with Crippen molar-refractivity contribution in [2.75, 3.05) is 37.8 Å². The van der Waals surface area contributed by atoms with Crippen LogP contribution < -0.4 is 5.32 Å². The molecular formula is C16H23N3O2S. The molecule has 22 heavy (non-hydrogen) atoms. The van der Waals surface area contributed by atoms with Gasteiger partial charge in [-0.3, -0.25) is 14.5 Å². The summed E-state index contributed by atoms with van der Waals surface area (Å²) in [5.74, 6) is 0.100. The molecule has 1 heterocycles. The second kappa shape index (κ2) is 7.65. The fourth-order valence-electron chi connectivity index (χ4n) is 2.58. The van der Waals surface area contributed by atoms with Crippen LogP contribution in [-0.4, -0.2) is 60.1 Å². The molecule has 0 radical (unpaired) electrons. The minimum Gasteiger partial charge on any atom is -0.340 e. The number of benzene rings is 1. The molecule has 1 fully saturated rings. The molecule has 0 saturated carbocycles. The molecule has 0 spiro atoms. The van der Waals surface area contributed by atoms with E-state index in [1.165, 1.54) is 0 Å². The molecule has 1 aliphatic heterocycles. The third kappa shape index (κ3) is 4.01. The van der Waals surface area contributed by atoms with Gasteiger partial charge in [0.15, 0.2) is 0 Å². The second-order valence-electron chi connectivity index (χ2n) is 5.41. The largest absolute Gasteiger partial charge is 0.340 e. The van der Waals surface area contributed by atoms with Crippen LogP contribution in [0.15, 0.2) is 29.2 Å². The number of carbonyl (C=O) groups excluding carboxylic acids is 2. The number of hydrogen-bond acceptors (Lipinski definition) is 4. The normalized spacial score (nSPS) is 17.1. The molecule has 0 bridgehead atoms. The highest BCUT2D eigenvalue weighted by Crippen LogP contribution is 2.25. The Balaban J connectivity index is 1.94. The van der Waals surface area contributed by atoms with Crippen LogP contribution in [0.1, 0.15) is 13.8 Å². The summed E-state index contributed by atoms with van der Waals surface area (Å²) >= 11 is 1.62. The fraction of sp³-hybridized carbons (Fsp3) is 0.500. The van der Waals surface area contributed by atoms with Gasteiger partial charge in [-0.05, 0) is 25.3 Å². The molecular weight excluding hydrogens is 298 g/mol. The Morgan fingerprint density at radius 3 is 2.41 bits per heavy atom. The van der Waals surface area contributed by atoms with Crippen LogP contribution in [0.25, 0.3) is 0 Å². The van der Waals surface area contributed by atoms with Gasteiger partial charge in [0, 0.05) is 38.0 Å². The summed E-state index contributed by atoms with van der Waals surface area (Å²) in [5.41, 5.74) is 0.856. The summed E-state index contributed by atoms with van der Waals surface area (Å²) in [6.07, 6.45) is 2.00. The van der Waals surface area contributed by atoms with Crippen molar-refractivity contribution in [1.29, 1.82) is 0 Å². The summed E-state index contributed by atoms with van der Waals surface area (Å²) < 4.78 is 0. The molecule has 2 rings (SSSR count). The number of nitrogens with one attached hydrogen (secondary N) is 1. The first-order chi connectivity index (χ1) is 10.5. The molecule has 1 saturated heterocycles. The average Bonchev–Trinajstić information content (AvgIpc) is 2.54. The smallest absolute Gasteiger partial charge is 0.241 e. The van der Waals surface area contributed by atoms with E-state index in [1.807, 2.05) is 42.3 Å². The zero-order chi connectivity index (χ0) is 16.1. The molecule has 1 aromatic rings. The van der Waals surface area contributed by atoms with Gasteiger partial charge in [0.2, 0.25) is 11.8 Å². The Hall–Kier alpha value is -1.53. The number of piperazine rings is 1. The van der Waals surface area contributed by atoms with Crippen LogP contribution in [0.3, 0.4) is 0 Å². The summed E-state index contributed by atoms with van der Waals surface area (Å²) in [4.78, 5) is 28.8. The molecule has 6 heteroatoms. The van der Waals surface area contributed by atoms with E-state index in [2.05, 4.69) is 10.2 Å².